The normalized spacial score (nSPS) is 10.2. The summed E-state index contributed by atoms with van der Waals surface area (Å²) in [4.78, 5) is 13.3. The summed E-state index contributed by atoms with van der Waals surface area (Å²) in [5.41, 5.74) is 1.14. The lowest BCUT2D eigenvalue weighted by Gasteiger charge is -2.10. The van der Waals surface area contributed by atoms with E-state index in [1.165, 1.54) is 0 Å². The van der Waals surface area contributed by atoms with Gasteiger partial charge in [-0.05, 0) is 42.7 Å². The Labute approximate surface area is 127 Å². The van der Waals surface area contributed by atoms with Gasteiger partial charge in [-0.2, -0.15) is 0 Å². The van der Waals surface area contributed by atoms with Crippen molar-refractivity contribution in [3.8, 4) is 5.75 Å². The summed E-state index contributed by atoms with van der Waals surface area (Å²) in [5, 5.41) is 3.38. The largest absolute Gasteiger partial charge is 0.496 e. The predicted molar refractivity (Wildman–Crippen MR) is 84.2 cm³/mol. The number of rotatable bonds is 4. The van der Waals surface area contributed by atoms with Crippen LogP contribution in [-0.2, 0) is 0 Å². The van der Waals surface area contributed by atoms with Crippen LogP contribution in [0.25, 0.3) is 0 Å². The van der Waals surface area contributed by atoms with Crippen molar-refractivity contribution in [1.82, 2.24) is 0 Å². The highest BCUT2D eigenvalue weighted by Crippen LogP contribution is 2.26. The van der Waals surface area contributed by atoms with Crippen LogP contribution in [0.5, 0.6) is 5.75 Å². The van der Waals surface area contributed by atoms with Crippen molar-refractivity contribution >= 4 is 35.0 Å². The van der Waals surface area contributed by atoms with E-state index in [1.54, 1.807) is 49.2 Å². The lowest BCUT2D eigenvalue weighted by atomic mass is 10.2. The average Bonchev–Trinajstić information content (AvgIpc) is 2.46. The minimum Gasteiger partial charge on any atom is -0.496 e. The van der Waals surface area contributed by atoms with Crippen LogP contribution in [0.2, 0.25) is 5.02 Å². The van der Waals surface area contributed by atoms with Gasteiger partial charge in [0.1, 0.15) is 5.75 Å². The second-order valence-corrected chi connectivity index (χ2v) is 5.35. The Hall–Kier alpha value is -1.65. The molecule has 0 aliphatic heterocycles. The lowest BCUT2D eigenvalue weighted by Crippen LogP contribution is -2.13. The highest BCUT2D eigenvalue weighted by molar-refractivity contribution is 7.98. The zero-order valence-corrected chi connectivity index (χ0v) is 12.7. The van der Waals surface area contributed by atoms with Gasteiger partial charge in [-0.25, -0.2) is 0 Å². The highest BCUT2D eigenvalue weighted by atomic mass is 35.5. The van der Waals surface area contributed by atoms with Gasteiger partial charge in [0.2, 0.25) is 0 Å². The molecular weight excluding hydrogens is 294 g/mol. The SMILES string of the molecule is COc1cc(SC)ccc1C(=O)Nc1cccc(Cl)c1. The first-order chi connectivity index (χ1) is 9.63. The Balaban J connectivity index is 2.25. The van der Waals surface area contributed by atoms with Gasteiger partial charge in [0.15, 0.2) is 0 Å². The van der Waals surface area contributed by atoms with E-state index in [9.17, 15) is 4.79 Å². The van der Waals surface area contributed by atoms with Crippen LogP contribution in [0.1, 0.15) is 10.4 Å². The maximum atomic E-state index is 12.3. The molecule has 0 atom stereocenters. The van der Waals surface area contributed by atoms with Crippen LogP contribution < -0.4 is 10.1 Å². The zero-order chi connectivity index (χ0) is 14.5. The first-order valence-electron chi connectivity index (χ1n) is 5.93. The summed E-state index contributed by atoms with van der Waals surface area (Å²) < 4.78 is 5.27. The number of halogens is 1. The van der Waals surface area contributed by atoms with Gasteiger partial charge < -0.3 is 10.1 Å². The smallest absolute Gasteiger partial charge is 0.259 e. The van der Waals surface area contributed by atoms with Crippen molar-refractivity contribution in [1.29, 1.82) is 0 Å². The van der Waals surface area contributed by atoms with Crippen molar-refractivity contribution in [2.75, 3.05) is 18.7 Å². The summed E-state index contributed by atoms with van der Waals surface area (Å²) in [6, 6.07) is 12.5. The van der Waals surface area contributed by atoms with Gasteiger partial charge in [0, 0.05) is 15.6 Å². The topological polar surface area (TPSA) is 38.3 Å². The third kappa shape index (κ3) is 3.46. The number of carbonyl (C=O) groups is 1. The van der Waals surface area contributed by atoms with Crippen molar-refractivity contribution in [2.45, 2.75) is 4.90 Å². The summed E-state index contributed by atoms with van der Waals surface area (Å²) in [6.07, 6.45) is 1.97. The maximum Gasteiger partial charge on any atom is 0.259 e. The third-order valence-corrected chi connectivity index (χ3v) is 3.70. The Kier molecular flexibility index (Phi) is 4.93. The molecule has 0 saturated carbocycles. The number of hydrogen-bond donors (Lipinski definition) is 1. The molecule has 2 aromatic carbocycles. The molecule has 20 heavy (non-hydrogen) atoms. The molecule has 3 nitrogen and oxygen atoms in total. The molecule has 2 rings (SSSR count). The Morgan fingerprint density at radius 1 is 1.25 bits per heavy atom. The monoisotopic (exact) mass is 307 g/mol. The van der Waals surface area contributed by atoms with Gasteiger partial charge in [-0.3, -0.25) is 4.79 Å². The molecule has 0 radical (unpaired) electrons. The fraction of sp³-hybridized carbons (Fsp3) is 0.133. The van der Waals surface area contributed by atoms with E-state index in [4.69, 9.17) is 16.3 Å². The van der Waals surface area contributed by atoms with E-state index in [2.05, 4.69) is 5.32 Å². The number of methoxy groups -OCH3 is 1. The molecule has 1 N–H and O–H groups in total. The molecule has 0 aliphatic rings. The van der Waals surface area contributed by atoms with Crippen LogP contribution in [0.3, 0.4) is 0 Å². The highest BCUT2D eigenvalue weighted by Gasteiger charge is 2.13. The molecule has 1 amide bonds. The molecule has 2 aromatic rings. The van der Waals surface area contributed by atoms with Crippen LogP contribution in [0.4, 0.5) is 5.69 Å². The van der Waals surface area contributed by atoms with Crippen LogP contribution in [0, 0.1) is 0 Å². The summed E-state index contributed by atoms with van der Waals surface area (Å²) in [6.45, 7) is 0. The van der Waals surface area contributed by atoms with E-state index in [0.29, 0.717) is 22.0 Å². The summed E-state index contributed by atoms with van der Waals surface area (Å²) in [5.74, 6) is 0.327. The number of hydrogen-bond acceptors (Lipinski definition) is 3. The Morgan fingerprint density at radius 2 is 2.05 bits per heavy atom. The number of thioether (sulfide) groups is 1. The molecule has 0 aromatic heterocycles. The maximum absolute atomic E-state index is 12.3. The molecule has 5 heteroatoms. The van der Waals surface area contributed by atoms with Crippen molar-refractivity contribution in [3.05, 3.63) is 53.1 Å². The molecule has 0 heterocycles. The van der Waals surface area contributed by atoms with Crippen molar-refractivity contribution < 1.29 is 9.53 Å². The average molecular weight is 308 g/mol. The number of carbonyl (C=O) groups excluding carboxylic acids is 1. The Bertz CT molecular complexity index is 631. The van der Waals surface area contributed by atoms with Crippen molar-refractivity contribution in [2.24, 2.45) is 0 Å². The second-order valence-electron chi connectivity index (χ2n) is 4.03. The molecule has 0 fully saturated rings. The number of amides is 1. The van der Waals surface area contributed by atoms with Crippen LogP contribution in [-0.4, -0.2) is 19.3 Å². The quantitative estimate of drug-likeness (QED) is 0.855. The van der Waals surface area contributed by atoms with Crippen LogP contribution >= 0.6 is 23.4 Å². The molecule has 0 spiro atoms. The number of anilines is 1. The first-order valence-corrected chi connectivity index (χ1v) is 7.53. The molecule has 0 saturated heterocycles. The van der Waals surface area contributed by atoms with E-state index in [1.807, 2.05) is 18.4 Å². The summed E-state index contributed by atoms with van der Waals surface area (Å²) >= 11 is 7.49. The number of benzene rings is 2. The van der Waals surface area contributed by atoms with E-state index >= 15 is 0 Å². The standard InChI is InChI=1S/C15H14ClNO2S/c1-19-14-9-12(20-2)6-7-13(14)15(18)17-11-5-3-4-10(16)8-11/h3-9H,1-2H3,(H,17,18). The van der Waals surface area contributed by atoms with Gasteiger partial charge >= 0.3 is 0 Å². The van der Waals surface area contributed by atoms with Gasteiger partial charge in [0.25, 0.3) is 5.91 Å². The van der Waals surface area contributed by atoms with Gasteiger partial charge in [-0.15, -0.1) is 11.8 Å². The Morgan fingerprint density at radius 3 is 2.70 bits per heavy atom. The van der Waals surface area contributed by atoms with Crippen molar-refractivity contribution in [3.63, 3.8) is 0 Å². The molecule has 0 bridgehead atoms. The fourth-order valence-electron chi connectivity index (χ4n) is 1.75. The molecular formula is C15H14ClNO2S. The number of ether oxygens (including phenoxy) is 1. The molecule has 0 aliphatic carbocycles. The third-order valence-electron chi connectivity index (χ3n) is 2.74. The second kappa shape index (κ2) is 6.68. The van der Waals surface area contributed by atoms with Gasteiger partial charge in [-0.1, -0.05) is 17.7 Å². The van der Waals surface area contributed by atoms with E-state index in [-0.39, 0.29) is 5.91 Å². The number of nitrogens with one attached hydrogen (secondary N) is 1. The summed E-state index contributed by atoms with van der Waals surface area (Å²) in [7, 11) is 1.55. The zero-order valence-electron chi connectivity index (χ0n) is 11.1. The van der Waals surface area contributed by atoms with E-state index in [0.717, 1.165) is 4.90 Å². The van der Waals surface area contributed by atoms with Gasteiger partial charge in [0.05, 0.1) is 12.7 Å². The minimum atomic E-state index is -0.225. The molecule has 104 valence electrons. The lowest BCUT2D eigenvalue weighted by molar-refractivity contribution is 0.102. The fourth-order valence-corrected chi connectivity index (χ4v) is 2.37. The van der Waals surface area contributed by atoms with E-state index < -0.39 is 0 Å². The predicted octanol–water partition coefficient (Wildman–Crippen LogP) is 4.32. The minimum absolute atomic E-state index is 0.225. The molecule has 0 unspecified atom stereocenters. The first kappa shape index (κ1) is 14.8. The van der Waals surface area contributed by atoms with Crippen LogP contribution in [0.15, 0.2) is 47.4 Å².